The fourth-order valence-electron chi connectivity index (χ4n) is 5.29. The van der Waals surface area contributed by atoms with Gasteiger partial charge in [-0.3, -0.25) is 0 Å². The summed E-state index contributed by atoms with van der Waals surface area (Å²) in [5, 5.41) is 3.15. The van der Waals surface area contributed by atoms with Crippen LogP contribution in [0.2, 0.25) is 0 Å². The van der Waals surface area contributed by atoms with Gasteiger partial charge in [-0.05, 0) is 69.7 Å². The van der Waals surface area contributed by atoms with Crippen LogP contribution in [0.5, 0.6) is 0 Å². The van der Waals surface area contributed by atoms with Gasteiger partial charge in [0.05, 0.1) is 6.54 Å². The van der Waals surface area contributed by atoms with E-state index >= 15 is 0 Å². The van der Waals surface area contributed by atoms with Gasteiger partial charge in [0.15, 0.2) is 0 Å². The average Bonchev–Trinajstić information content (AvgIpc) is 2.37. The van der Waals surface area contributed by atoms with Crippen LogP contribution in [0.4, 0.5) is 0 Å². The van der Waals surface area contributed by atoms with Gasteiger partial charge in [-0.25, -0.2) is 15.0 Å². The Morgan fingerprint density at radius 2 is 1.60 bits per heavy atom. The van der Waals surface area contributed by atoms with Crippen molar-refractivity contribution in [2.24, 2.45) is 23.7 Å². The first-order chi connectivity index (χ1) is 9.72. The quantitative estimate of drug-likeness (QED) is 0.918. The molecule has 0 aliphatic heterocycles. The molecule has 1 aromatic rings. The van der Waals surface area contributed by atoms with E-state index in [1.165, 1.54) is 32.1 Å². The summed E-state index contributed by atoms with van der Waals surface area (Å²) in [5.41, 5.74) is 0. The summed E-state index contributed by atoms with van der Waals surface area (Å²) in [4.78, 5) is 13.9. The van der Waals surface area contributed by atoms with E-state index in [2.05, 4.69) is 10.3 Å². The third kappa shape index (κ3) is 2.05. The molecule has 4 aliphatic carbocycles. The minimum absolute atomic E-state index is 0.611. The van der Waals surface area contributed by atoms with Gasteiger partial charge in [0.2, 0.25) is 0 Å². The second-order valence-corrected chi connectivity index (χ2v) is 7.14. The van der Waals surface area contributed by atoms with Crippen LogP contribution in [-0.4, -0.2) is 22.0 Å². The number of hydrogen-bond acceptors (Lipinski definition) is 4. The number of nitrogens with zero attached hydrogens (tertiary/aromatic N) is 3. The Kier molecular flexibility index (Phi) is 3.02. The van der Waals surface area contributed by atoms with Crippen molar-refractivity contribution in [2.45, 2.75) is 51.5 Å². The third-order valence-corrected chi connectivity index (χ3v) is 5.67. The largest absolute Gasteiger partial charge is 0.313 e. The van der Waals surface area contributed by atoms with Gasteiger partial charge < -0.3 is 5.32 Å². The highest BCUT2D eigenvalue weighted by atomic mass is 15.1. The van der Waals surface area contributed by atoms with E-state index in [9.17, 15) is 0 Å². The summed E-state index contributed by atoms with van der Waals surface area (Å²) in [6.07, 6.45) is 7.18. The molecule has 4 saturated carbocycles. The van der Waals surface area contributed by atoms with Gasteiger partial charge in [-0.15, -0.1) is 0 Å². The van der Waals surface area contributed by atoms with E-state index in [0.29, 0.717) is 5.92 Å². The molecule has 108 valence electrons. The van der Waals surface area contributed by atoms with E-state index in [1.807, 2.05) is 14.0 Å². The molecule has 0 amide bonds. The maximum Gasteiger partial charge on any atom is 0.146 e. The molecule has 0 aromatic carbocycles. The highest BCUT2D eigenvalue weighted by Crippen LogP contribution is 2.59. The summed E-state index contributed by atoms with van der Waals surface area (Å²) in [7, 11) is 1.95. The number of aryl methyl sites for hydroxylation is 1. The Morgan fingerprint density at radius 3 is 2.20 bits per heavy atom. The number of aromatic nitrogens is 3. The summed E-state index contributed by atoms with van der Waals surface area (Å²) < 4.78 is 0. The van der Waals surface area contributed by atoms with E-state index in [-0.39, 0.29) is 0 Å². The highest BCUT2D eigenvalue weighted by Gasteiger charge is 2.49. The Morgan fingerprint density at radius 1 is 0.950 bits per heavy atom. The Labute approximate surface area is 120 Å². The molecule has 4 bridgehead atoms. The number of hydrogen-bond donors (Lipinski definition) is 1. The van der Waals surface area contributed by atoms with Gasteiger partial charge in [0.25, 0.3) is 0 Å². The second kappa shape index (κ2) is 4.76. The van der Waals surface area contributed by atoms with Crippen LogP contribution < -0.4 is 5.32 Å². The summed E-state index contributed by atoms with van der Waals surface area (Å²) >= 11 is 0. The van der Waals surface area contributed by atoms with E-state index in [1.54, 1.807) is 0 Å². The predicted octanol–water partition coefficient (Wildman–Crippen LogP) is 2.44. The van der Waals surface area contributed by atoms with Gasteiger partial charge >= 0.3 is 0 Å². The lowest BCUT2D eigenvalue weighted by Gasteiger charge is -2.53. The molecule has 1 aromatic heterocycles. The summed E-state index contributed by atoms with van der Waals surface area (Å²) in [6, 6.07) is 0. The molecular formula is C16H24N4. The van der Waals surface area contributed by atoms with Gasteiger partial charge in [-0.1, -0.05) is 0 Å². The van der Waals surface area contributed by atoms with E-state index < -0.39 is 0 Å². The highest BCUT2D eigenvalue weighted by molar-refractivity contribution is 5.12. The van der Waals surface area contributed by atoms with E-state index in [0.717, 1.165) is 47.7 Å². The standard InChI is InChI=1S/C16H24N4/c1-9-18-14(8-17-2)20-16(19-9)15-12-4-10-3-11(6-12)7-13(15)5-10/h10-13,15,17H,3-8H2,1-2H3. The summed E-state index contributed by atoms with van der Waals surface area (Å²) in [6.45, 7) is 2.74. The Bertz CT molecular complexity index is 485. The minimum Gasteiger partial charge on any atom is -0.313 e. The van der Waals surface area contributed by atoms with Crippen molar-refractivity contribution in [2.75, 3.05) is 7.05 Å². The van der Waals surface area contributed by atoms with Crippen molar-refractivity contribution in [3.63, 3.8) is 0 Å². The molecule has 20 heavy (non-hydrogen) atoms. The van der Waals surface area contributed by atoms with Crippen LogP contribution in [0, 0.1) is 30.6 Å². The maximum atomic E-state index is 4.78. The Hall–Kier alpha value is -1.03. The minimum atomic E-state index is 0.611. The van der Waals surface area contributed by atoms with Crippen LogP contribution >= 0.6 is 0 Å². The lowest BCUT2D eigenvalue weighted by atomic mass is 9.51. The molecule has 0 saturated heterocycles. The number of rotatable bonds is 3. The Balaban J connectivity index is 1.67. The van der Waals surface area contributed by atoms with Gasteiger partial charge in [-0.2, -0.15) is 0 Å². The summed E-state index contributed by atoms with van der Waals surface area (Å²) in [5.74, 6) is 7.20. The zero-order valence-corrected chi connectivity index (χ0v) is 12.5. The van der Waals surface area contributed by atoms with Crippen LogP contribution in [0.1, 0.15) is 55.5 Å². The monoisotopic (exact) mass is 272 g/mol. The van der Waals surface area contributed by atoms with Crippen LogP contribution in [0.3, 0.4) is 0 Å². The van der Waals surface area contributed by atoms with Crippen LogP contribution in [0.15, 0.2) is 0 Å². The molecule has 4 heteroatoms. The fourth-order valence-corrected chi connectivity index (χ4v) is 5.29. The third-order valence-electron chi connectivity index (χ3n) is 5.67. The SMILES string of the molecule is CNCc1nc(C)nc(C2C3CC4CC(C3)CC2C4)n1. The first-order valence-electron chi connectivity index (χ1n) is 8.09. The van der Waals surface area contributed by atoms with Gasteiger partial charge in [0, 0.05) is 5.92 Å². The fraction of sp³-hybridized carbons (Fsp3) is 0.812. The molecular weight excluding hydrogens is 248 g/mol. The molecule has 0 atom stereocenters. The molecule has 5 rings (SSSR count). The van der Waals surface area contributed by atoms with Crippen molar-refractivity contribution in [1.29, 1.82) is 0 Å². The van der Waals surface area contributed by atoms with Crippen LogP contribution in [0.25, 0.3) is 0 Å². The molecule has 0 spiro atoms. The molecule has 4 aliphatic rings. The van der Waals surface area contributed by atoms with Gasteiger partial charge in [0.1, 0.15) is 17.5 Å². The van der Waals surface area contributed by atoms with Crippen molar-refractivity contribution in [3.05, 3.63) is 17.5 Å². The molecule has 0 radical (unpaired) electrons. The lowest BCUT2D eigenvalue weighted by Crippen LogP contribution is -2.44. The second-order valence-electron chi connectivity index (χ2n) is 7.14. The van der Waals surface area contributed by atoms with Crippen molar-refractivity contribution in [3.8, 4) is 0 Å². The smallest absolute Gasteiger partial charge is 0.146 e. The zero-order valence-electron chi connectivity index (χ0n) is 12.5. The number of nitrogens with one attached hydrogen (secondary N) is 1. The van der Waals surface area contributed by atoms with Crippen LogP contribution in [-0.2, 0) is 6.54 Å². The lowest BCUT2D eigenvalue weighted by molar-refractivity contribution is -0.00586. The molecule has 4 fully saturated rings. The first kappa shape index (κ1) is 12.7. The van der Waals surface area contributed by atoms with Crippen molar-refractivity contribution in [1.82, 2.24) is 20.3 Å². The predicted molar refractivity (Wildman–Crippen MR) is 77.1 cm³/mol. The molecule has 0 unspecified atom stereocenters. The van der Waals surface area contributed by atoms with Crippen molar-refractivity contribution >= 4 is 0 Å². The molecule has 4 nitrogen and oxygen atoms in total. The zero-order chi connectivity index (χ0) is 13.7. The molecule has 1 heterocycles. The first-order valence-corrected chi connectivity index (χ1v) is 8.09. The topological polar surface area (TPSA) is 50.7 Å². The van der Waals surface area contributed by atoms with Crippen molar-refractivity contribution < 1.29 is 0 Å². The molecule has 1 N–H and O–H groups in total. The van der Waals surface area contributed by atoms with E-state index in [4.69, 9.17) is 9.97 Å². The maximum absolute atomic E-state index is 4.78. The normalized spacial score (nSPS) is 38.4. The average molecular weight is 272 g/mol.